The number of nitrogens with one attached hydrogen (secondary N) is 2. The van der Waals surface area contributed by atoms with Crippen LogP contribution in [0, 0.1) is 5.82 Å². The fourth-order valence-electron chi connectivity index (χ4n) is 2.62. The van der Waals surface area contributed by atoms with Gasteiger partial charge in [0.25, 0.3) is 15.9 Å². The van der Waals surface area contributed by atoms with E-state index in [1.165, 1.54) is 72.1 Å². The van der Waals surface area contributed by atoms with Crippen molar-refractivity contribution in [2.24, 2.45) is 0 Å². The summed E-state index contributed by atoms with van der Waals surface area (Å²) in [6, 6.07) is 14.3. The quantitative estimate of drug-likeness (QED) is 0.390. The molecule has 0 atom stereocenters. The Balaban J connectivity index is 1.35. The molecule has 0 unspecified atom stereocenters. The molecule has 0 aliphatic carbocycles. The maximum absolute atomic E-state index is 12.9. The molecule has 4 rings (SSSR count). The Morgan fingerprint density at radius 2 is 1.81 bits per heavy atom. The normalized spacial score (nSPS) is 11.2. The van der Waals surface area contributed by atoms with E-state index in [0.29, 0.717) is 17.2 Å². The summed E-state index contributed by atoms with van der Waals surface area (Å²) in [5.74, 6) is 0.0671. The third-order valence-corrected chi connectivity index (χ3v) is 6.33. The minimum Gasteiger partial charge on any atom is -0.486 e. The van der Waals surface area contributed by atoms with Crippen molar-refractivity contribution >= 4 is 38.1 Å². The first-order valence-corrected chi connectivity index (χ1v) is 11.6. The summed E-state index contributed by atoms with van der Waals surface area (Å²) in [5, 5.41) is 4.56. The van der Waals surface area contributed by atoms with Crippen LogP contribution in [0.2, 0.25) is 0 Å². The summed E-state index contributed by atoms with van der Waals surface area (Å²) in [6.07, 6.45) is 1.50. The van der Waals surface area contributed by atoms with Crippen molar-refractivity contribution in [3.05, 3.63) is 89.6 Å². The zero-order chi connectivity index (χ0) is 22.6. The summed E-state index contributed by atoms with van der Waals surface area (Å²) < 4.78 is 51.0. The molecule has 2 N–H and O–H groups in total. The second-order valence-electron chi connectivity index (χ2n) is 6.43. The van der Waals surface area contributed by atoms with Gasteiger partial charge in [0.15, 0.2) is 10.9 Å². The van der Waals surface area contributed by atoms with Gasteiger partial charge >= 0.3 is 0 Å². The smallest absolute Gasteiger partial charge is 0.291 e. The molecule has 0 spiro atoms. The molecule has 11 heteroatoms. The first-order chi connectivity index (χ1) is 15.4. The molecular weight excluding hydrogens is 457 g/mol. The molecule has 8 nitrogen and oxygen atoms in total. The van der Waals surface area contributed by atoms with E-state index >= 15 is 0 Å². The van der Waals surface area contributed by atoms with E-state index in [2.05, 4.69) is 15.0 Å². The van der Waals surface area contributed by atoms with Crippen molar-refractivity contribution in [3.8, 4) is 5.75 Å². The SMILES string of the molecule is O=C(Nc1ccc(S(=O)(=O)Nc2nccs2)cc1)c1ccc(COc2ccc(F)cc2)o1. The summed E-state index contributed by atoms with van der Waals surface area (Å²) in [5.41, 5.74) is 0.392. The van der Waals surface area contributed by atoms with E-state index < -0.39 is 15.9 Å². The zero-order valence-corrected chi connectivity index (χ0v) is 18.0. The standard InChI is InChI=1S/C21H16FN3O5S2/c22-14-1-5-16(6-2-14)29-13-17-7-10-19(30-17)20(26)24-15-3-8-18(9-4-15)32(27,28)25-21-23-11-12-31-21/h1-12H,13H2,(H,23,25)(H,24,26). The number of furan rings is 1. The first kappa shape index (κ1) is 21.5. The van der Waals surface area contributed by atoms with Crippen LogP contribution in [0.5, 0.6) is 5.75 Å². The lowest BCUT2D eigenvalue weighted by molar-refractivity contribution is 0.0992. The first-order valence-electron chi connectivity index (χ1n) is 9.20. The number of halogens is 1. The topological polar surface area (TPSA) is 111 Å². The number of hydrogen-bond acceptors (Lipinski definition) is 7. The van der Waals surface area contributed by atoms with Crippen LogP contribution in [0.15, 0.2) is 81.6 Å². The number of nitrogens with zero attached hydrogens (tertiary/aromatic N) is 1. The van der Waals surface area contributed by atoms with E-state index in [-0.39, 0.29) is 28.2 Å². The van der Waals surface area contributed by atoms with Gasteiger partial charge in [-0.25, -0.2) is 17.8 Å². The molecule has 4 aromatic rings. The number of thiazole rings is 1. The van der Waals surface area contributed by atoms with Crippen molar-refractivity contribution in [3.63, 3.8) is 0 Å². The summed E-state index contributed by atoms with van der Waals surface area (Å²) in [7, 11) is -3.78. The van der Waals surface area contributed by atoms with Gasteiger partial charge in [0, 0.05) is 17.3 Å². The average molecular weight is 474 g/mol. The lowest BCUT2D eigenvalue weighted by Crippen LogP contribution is -2.13. The number of hydrogen-bond donors (Lipinski definition) is 2. The number of carbonyl (C=O) groups excluding carboxylic acids is 1. The fraction of sp³-hybridized carbons (Fsp3) is 0.0476. The van der Waals surface area contributed by atoms with Crippen LogP contribution in [0.25, 0.3) is 0 Å². The Hall–Kier alpha value is -3.70. The highest BCUT2D eigenvalue weighted by Crippen LogP contribution is 2.20. The van der Waals surface area contributed by atoms with E-state index in [4.69, 9.17) is 9.15 Å². The van der Waals surface area contributed by atoms with Crippen molar-refractivity contribution < 1.29 is 26.8 Å². The van der Waals surface area contributed by atoms with Gasteiger partial charge in [0.1, 0.15) is 23.9 Å². The number of sulfonamides is 1. The summed E-state index contributed by atoms with van der Waals surface area (Å²) in [6.45, 7) is 0.0670. The fourth-order valence-corrected chi connectivity index (χ4v) is 4.41. The minimum absolute atomic E-state index is 0.0314. The van der Waals surface area contributed by atoms with Gasteiger partial charge in [0.2, 0.25) is 0 Å². The molecule has 1 amide bonds. The molecule has 2 aromatic heterocycles. The maximum Gasteiger partial charge on any atom is 0.291 e. The molecule has 2 aromatic carbocycles. The van der Waals surface area contributed by atoms with E-state index in [0.717, 1.165) is 0 Å². The molecule has 0 saturated carbocycles. The van der Waals surface area contributed by atoms with Gasteiger partial charge in [-0.1, -0.05) is 0 Å². The zero-order valence-electron chi connectivity index (χ0n) is 16.3. The molecule has 0 saturated heterocycles. The number of amides is 1. The van der Waals surface area contributed by atoms with E-state index in [9.17, 15) is 17.6 Å². The molecule has 0 bridgehead atoms. The van der Waals surface area contributed by atoms with Crippen LogP contribution in [0.1, 0.15) is 16.3 Å². The van der Waals surface area contributed by atoms with Crippen molar-refractivity contribution in [2.75, 3.05) is 10.0 Å². The van der Waals surface area contributed by atoms with Crippen LogP contribution in [0.3, 0.4) is 0 Å². The van der Waals surface area contributed by atoms with Gasteiger partial charge in [-0.3, -0.25) is 9.52 Å². The third-order valence-electron chi connectivity index (χ3n) is 4.16. The number of ether oxygens (including phenoxy) is 1. The molecule has 0 aliphatic heterocycles. The van der Waals surface area contributed by atoms with Crippen LogP contribution in [0.4, 0.5) is 15.2 Å². The second-order valence-corrected chi connectivity index (χ2v) is 9.01. The molecule has 0 aliphatic rings. The third kappa shape index (κ3) is 5.31. The monoisotopic (exact) mass is 473 g/mol. The Morgan fingerprint density at radius 3 is 2.50 bits per heavy atom. The minimum atomic E-state index is -3.78. The van der Waals surface area contributed by atoms with Crippen molar-refractivity contribution in [2.45, 2.75) is 11.5 Å². The van der Waals surface area contributed by atoms with E-state index in [1.54, 1.807) is 11.4 Å². The number of rotatable bonds is 8. The highest BCUT2D eigenvalue weighted by Gasteiger charge is 2.16. The van der Waals surface area contributed by atoms with Gasteiger partial charge < -0.3 is 14.5 Å². The van der Waals surface area contributed by atoms with E-state index in [1.807, 2.05) is 0 Å². The van der Waals surface area contributed by atoms with Crippen LogP contribution < -0.4 is 14.8 Å². The number of anilines is 2. The van der Waals surface area contributed by atoms with Crippen molar-refractivity contribution in [1.29, 1.82) is 0 Å². The molecule has 2 heterocycles. The van der Waals surface area contributed by atoms with Gasteiger partial charge in [0.05, 0.1) is 4.90 Å². The molecule has 0 fully saturated rings. The molecule has 32 heavy (non-hydrogen) atoms. The van der Waals surface area contributed by atoms with Crippen LogP contribution in [-0.4, -0.2) is 19.3 Å². The molecule has 0 radical (unpaired) electrons. The predicted molar refractivity (Wildman–Crippen MR) is 117 cm³/mol. The predicted octanol–water partition coefficient (Wildman–Crippen LogP) is 4.51. The van der Waals surface area contributed by atoms with Gasteiger partial charge in [-0.05, 0) is 60.7 Å². The summed E-state index contributed by atoms with van der Waals surface area (Å²) >= 11 is 1.17. The average Bonchev–Trinajstić information content (AvgIpc) is 3.46. The number of aromatic nitrogens is 1. The highest BCUT2D eigenvalue weighted by molar-refractivity contribution is 7.93. The van der Waals surface area contributed by atoms with Crippen LogP contribution >= 0.6 is 11.3 Å². The van der Waals surface area contributed by atoms with Crippen molar-refractivity contribution in [1.82, 2.24) is 4.98 Å². The lowest BCUT2D eigenvalue weighted by atomic mass is 10.3. The largest absolute Gasteiger partial charge is 0.486 e. The van der Waals surface area contributed by atoms with Crippen LogP contribution in [-0.2, 0) is 16.6 Å². The number of carbonyl (C=O) groups is 1. The van der Waals surface area contributed by atoms with Gasteiger partial charge in [-0.15, -0.1) is 11.3 Å². The lowest BCUT2D eigenvalue weighted by Gasteiger charge is -2.07. The Morgan fingerprint density at radius 1 is 1.06 bits per heavy atom. The Bertz CT molecular complexity index is 1300. The Kier molecular flexibility index (Phi) is 6.19. The van der Waals surface area contributed by atoms with Gasteiger partial charge in [-0.2, -0.15) is 0 Å². The Labute approximate surface area is 186 Å². The summed E-state index contributed by atoms with van der Waals surface area (Å²) in [4.78, 5) is 16.3. The maximum atomic E-state index is 12.9. The molecule has 164 valence electrons. The number of benzene rings is 2. The molecular formula is C21H16FN3O5S2. The highest BCUT2D eigenvalue weighted by atomic mass is 32.2. The second kappa shape index (κ2) is 9.20.